The number of amides is 1. The predicted octanol–water partition coefficient (Wildman–Crippen LogP) is 0.930. The summed E-state index contributed by atoms with van der Waals surface area (Å²) in [4.78, 5) is 29.9. The van der Waals surface area contributed by atoms with Gasteiger partial charge in [-0.05, 0) is 32.8 Å². The first-order chi connectivity index (χ1) is 10.4. The lowest BCUT2D eigenvalue weighted by atomic mass is 10.1. The van der Waals surface area contributed by atoms with Gasteiger partial charge in [0.05, 0.1) is 12.2 Å². The van der Waals surface area contributed by atoms with E-state index < -0.39 is 0 Å². The van der Waals surface area contributed by atoms with Gasteiger partial charge in [-0.25, -0.2) is 4.79 Å². The van der Waals surface area contributed by atoms with Crippen LogP contribution < -0.4 is 11.0 Å². The molecule has 1 amide bonds. The van der Waals surface area contributed by atoms with Crippen LogP contribution in [-0.2, 0) is 18.3 Å². The van der Waals surface area contributed by atoms with Crippen molar-refractivity contribution in [2.75, 3.05) is 0 Å². The Bertz CT molecular complexity index is 706. The van der Waals surface area contributed by atoms with Crippen LogP contribution in [0.4, 0.5) is 0 Å². The summed E-state index contributed by atoms with van der Waals surface area (Å²) < 4.78 is 1.71. The molecule has 0 aliphatic rings. The minimum atomic E-state index is -0.353. The maximum atomic E-state index is 12.1. The van der Waals surface area contributed by atoms with Crippen LogP contribution in [0.25, 0.3) is 0 Å². The first kappa shape index (κ1) is 15.9. The van der Waals surface area contributed by atoms with Crippen molar-refractivity contribution in [3.05, 3.63) is 45.4 Å². The molecule has 0 aliphatic carbocycles. The molecular weight excluding hydrogens is 282 g/mol. The summed E-state index contributed by atoms with van der Waals surface area (Å²) in [7, 11) is 1.84. The van der Waals surface area contributed by atoms with Crippen molar-refractivity contribution in [3.8, 4) is 0 Å². The molecule has 0 radical (unpaired) electrons. The number of carbonyl (C=O) groups is 1. The van der Waals surface area contributed by atoms with Gasteiger partial charge in [0.1, 0.15) is 0 Å². The van der Waals surface area contributed by atoms with Crippen LogP contribution in [0.15, 0.2) is 17.2 Å². The number of hydrogen-bond donors (Lipinski definition) is 2. The van der Waals surface area contributed by atoms with E-state index in [1.807, 2.05) is 27.1 Å². The van der Waals surface area contributed by atoms with Gasteiger partial charge in [0.15, 0.2) is 0 Å². The first-order valence-electron chi connectivity index (χ1n) is 7.21. The fraction of sp³-hybridized carbons (Fsp3) is 0.467. The van der Waals surface area contributed by atoms with Crippen molar-refractivity contribution in [3.63, 3.8) is 0 Å². The highest BCUT2D eigenvalue weighted by atomic mass is 16.1. The molecule has 0 unspecified atom stereocenters. The average molecular weight is 303 g/mol. The molecule has 2 aromatic heterocycles. The quantitative estimate of drug-likeness (QED) is 0.859. The van der Waals surface area contributed by atoms with Gasteiger partial charge in [-0.1, -0.05) is 0 Å². The van der Waals surface area contributed by atoms with Crippen molar-refractivity contribution in [2.45, 2.75) is 39.7 Å². The number of nitrogens with one attached hydrogen (secondary N) is 2. The lowest BCUT2D eigenvalue weighted by Crippen LogP contribution is -2.27. The number of aryl methyl sites for hydroxylation is 3. The largest absolute Gasteiger partial charge is 0.349 e. The standard InChI is InChI=1S/C15H21N5O2/c1-9(12-7-16-20(4)8-12)17-14(21)6-5-13-10(2)18-15(22)19-11(13)3/h7-9H,5-6H2,1-4H3,(H,17,21)(H,18,19,22)/t9-/m1/s1. The Labute approximate surface area is 128 Å². The third-order valence-electron chi connectivity index (χ3n) is 3.66. The van der Waals surface area contributed by atoms with Crippen molar-refractivity contribution in [1.29, 1.82) is 0 Å². The maximum absolute atomic E-state index is 12.1. The molecule has 0 bridgehead atoms. The molecule has 0 saturated heterocycles. The van der Waals surface area contributed by atoms with Crippen LogP contribution in [0.2, 0.25) is 0 Å². The normalized spacial score (nSPS) is 12.2. The third-order valence-corrected chi connectivity index (χ3v) is 3.66. The SMILES string of the molecule is Cc1nc(=O)[nH]c(C)c1CCC(=O)N[C@H](C)c1cnn(C)c1. The minimum absolute atomic E-state index is 0.0404. The minimum Gasteiger partial charge on any atom is -0.349 e. The van der Waals surface area contributed by atoms with E-state index in [-0.39, 0.29) is 17.6 Å². The number of aromatic nitrogens is 4. The highest BCUT2D eigenvalue weighted by molar-refractivity contribution is 5.76. The summed E-state index contributed by atoms with van der Waals surface area (Å²) in [6.07, 6.45) is 4.52. The van der Waals surface area contributed by atoms with E-state index in [4.69, 9.17) is 0 Å². The average Bonchev–Trinajstić information content (AvgIpc) is 2.84. The zero-order chi connectivity index (χ0) is 16.3. The molecular formula is C15H21N5O2. The topological polar surface area (TPSA) is 92.7 Å². The molecule has 2 heterocycles. The number of H-pyrrole nitrogens is 1. The zero-order valence-electron chi connectivity index (χ0n) is 13.3. The van der Waals surface area contributed by atoms with Gasteiger partial charge < -0.3 is 10.3 Å². The number of carbonyl (C=O) groups excluding carboxylic acids is 1. The van der Waals surface area contributed by atoms with Crippen molar-refractivity contribution < 1.29 is 4.79 Å². The lowest BCUT2D eigenvalue weighted by molar-refractivity contribution is -0.121. The molecule has 7 heteroatoms. The Hall–Kier alpha value is -2.44. The molecule has 2 aromatic rings. The summed E-state index contributed by atoms with van der Waals surface area (Å²) in [6.45, 7) is 5.53. The molecule has 0 spiro atoms. The Morgan fingerprint density at radius 2 is 2.18 bits per heavy atom. The fourth-order valence-electron chi connectivity index (χ4n) is 2.42. The van der Waals surface area contributed by atoms with Gasteiger partial charge in [0.2, 0.25) is 5.91 Å². The van der Waals surface area contributed by atoms with Gasteiger partial charge in [-0.15, -0.1) is 0 Å². The lowest BCUT2D eigenvalue weighted by Gasteiger charge is -2.13. The van der Waals surface area contributed by atoms with Gasteiger partial charge in [0.25, 0.3) is 0 Å². The Morgan fingerprint density at radius 1 is 1.45 bits per heavy atom. The highest BCUT2D eigenvalue weighted by Crippen LogP contribution is 2.12. The van der Waals surface area contributed by atoms with Crippen molar-refractivity contribution in [2.24, 2.45) is 7.05 Å². The number of aromatic amines is 1. The second-order valence-corrected chi connectivity index (χ2v) is 5.47. The van der Waals surface area contributed by atoms with Crippen molar-refractivity contribution in [1.82, 2.24) is 25.1 Å². The zero-order valence-corrected chi connectivity index (χ0v) is 13.3. The van der Waals surface area contributed by atoms with Crippen molar-refractivity contribution >= 4 is 5.91 Å². The van der Waals surface area contributed by atoms with Crippen LogP contribution in [0.1, 0.15) is 41.9 Å². The molecule has 0 saturated carbocycles. The van der Waals surface area contributed by atoms with E-state index in [9.17, 15) is 9.59 Å². The second-order valence-electron chi connectivity index (χ2n) is 5.47. The Morgan fingerprint density at radius 3 is 2.77 bits per heavy atom. The molecule has 118 valence electrons. The summed E-state index contributed by atoms with van der Waals surface area (Å²) in [6, 6.07) is -0.0860. The Kier molecular flexibility index (Phi) is 4.75. The fourth-order valence-corrected chi connectivity index (χ4v) is 2.42. The molecule has 1 atom stereocenters. The van der Waals surface area contributed by atoms with Gasteiger partial charge in [0, 0.05) is 36.6 Å². The van der Waals surface area contributed by atoms with Crippen LogP contribution >= 0.6 is 0 Å². The maximum Gasteiger partial charge on any atom is 0.345 e. The van der Waals surface area contributed by atoms with E-state index >= 15 is 0 Å². The van der Waals surface area contributed by atoms with Crippen LogP contribution in [-0.4, -0.2) is 25.7 Å². The van der Waals surface area contributed by atoms with E-state index in [0.29, 0.717) is 18.5 Å². The molecule has 2 N–H and O–H groups in total. The molecule has 22 heavy (non-hydrogen) atoms. The molecule has 2 rings (SSSR count). The van der Waals surface area contributed by atoms with Gasteiger partial charge in [-0.2, -0.15) is 10.1 Å². The summed E-state index contributed by atoms with van der Waals surface area (Å²) in [5, 5.41) is 7.04. The smallest absolute Gasteiger partial charge is 0.345 e. The number of rotatable bonds is 5. The second kappa shape index (κ2) is 6.55. The summed E-state index contributed by atoms with van der Waals surface area (Å²) >= 11 is 0. The van der Waals surface area contributed by atoms with Crippen LogP contribution in [0.5, 0.6) is 0 Å². The van der Waals surface area contributed by atoms with Gasteiger partial charge in [-0.3, -0.25) is 9.48 Å². The third kappa shape index (κ3) is 3.81. The molecule has 0 aliphatic heterocycles. The van der Waals surface area contributed by atoms with E-state index in [2.05, 4.69) is 20.4 Å². The van der Waals surface area contributed by atoms with E-state index in [1.54, 1.807) is 17.8 Å². The highest BCUT2D eigenvalue weighted by Gasteiger charge is 2.13. The van der Waals surface area contributed by atoms with Gasteiger partial charge >= 0.3 is 5.69 Å². The summed E-state index contributed by atoms with van der Waals surface area (Å²) in [5.41, 5.74) is 2.98. The predicted molar refractivity (Wildman–Crippen MR) is 82.4 cm³/mol. The van der Waals surface area contributed by atoms with E-state index in [0.717, 1.165) is 16.8 Å². The molecule has 0 aromatic carbocycles. The number of nitrogens with zero attached hydrogens (tertiary/aromatic N) is 3. The molecule has 7 nitrogen and oxygen atoms in total. The summed E-state index contributed by atoms with van der Waals surface area (Å²) in [5.74, 6) is -0.0404. The Balaban J connectivity index is 1.95. The van der Waals surface area contributed by atoms with Crippen LogP contribution in [0.3, 0.4) is 0 Å². The van der Waals surface area contributed by atoms with Crippen LogP contribution in [0, 0.1) is 13.8 Å². The monoisotopic (exact) mass is 303 g/mol. The first-order valence-corrected chi connectivity index (χ1v) is 7.21. The van der Waals surface area contributed by atoms with E-state index in [1.165, 1.54) is 0 Å². The number of hydrogen-bond acceptors (Lipinski definition) is 4. The molecule has 0 fully saturated rings.